The summed E-state index contributed by atoms with van der Waals surface area (Å²) >= 11 is 0. The van der Waals surface area contributed by atoms with Crippen molar-refractivity contribution in [2.75, 3.05) is 0 Å². The lowest BCUT2D eigenvalue weighted by Gasteiger charge is -2.32. The first-order valence-electron chi connectivity index (χ1n) is 5.53. The Morgan fingerprint density at radius 2 is 2.20 bits per heavy atom. The highest BCUT2D eigenvalue weighted by atomic mass is 19.1. The topological polar surface area (TPSA) is 38.9 Å². The van der Waals surface area contributed by atoms with E-state index in [9.17, 15) is 4.39 Å². The van der Waals surface area contributed by atoms with E-state index in [0.29, 0.717) is 11.8 Å². The van der Waals surface area contributed by atoms with E-state index in [1.807, 2.05) is 0 Å². The van der Waals surface area contributed by atoms with Crippen molar-refractivity contribution >= 4 is 0 Å². The maximum absolute atomic E-state index is 13.1. The van der Waals surface area contributed by atoms with Crippen LogP contribution in [0.25, 0.3) is 0 Å². The zero-order chi connectivity index (χ0) is 10.8. The van der Waals surface area contributed by atoms with E-state index >= 15 is 0 Å². The molecule has 1 aromatic heterocycles. The molecule has 1 aliphatic rings. The van der Waals surface area contributed by atoms with Crippen molar-refractivity contribution in [3.8, 4) is 0 Å². The van der Waals surface area contributed by atoms with E-state index in [1.54, 1.807) is 12.3 Å². The van der Waals surface area contributed by atoms with Crippen LogP contribution < -0.4 is 5.73 Å². The van der Waals surface area contributed by atoms with E-state index < -0.39 is 0 Å². The van der Waals surface area contributed by atoms with Crippen LogP contribution in [0.2, 0.25) is 0 Å². The molecule has 0 bridgehead atoms. The van der Waals surface area contributed by atoms with Crippen LogP contribution in [0.1, 0.15) is 37.7 Å². The van der Waals surface area contributed by atoms with E-state index in [2.05, 4.69) is 11.9 Å². The molecule has 1 aromatic rings. The third kappa shape index (κ3) is 2.34. The van der Waals surface area contributed by atoms with Gasteiger partial charge in [-0.05, 0) is 42.7 Å². The molecule has 0 spiro atoms. The molecule has 1 fully saturated rings. The molecule has 2 rings (SSSR count). The molecule has 0 amide bonds. The lowest BCUT2D eigenvalue weighted by atomic mass is 9.75. The molecular weight excluding hydrogens is 191 g/mol. The first-order valence-corrected chi connectivity index (χ1v) is 5.53. The van der Waals surface area contributed by atoms with Crippen molar-refractivity contribution < 1.29 is 4.39 Å². The Morgan fingerprint density at radius 1 is 1.40 bits per heavy atom. The van der Waals surface area contributed by atoms with Crippen molar-refractivity contribution in [2.45, 2.75) is 38.1 Å². The van der Waals surface area contributed by atoms with Gasteiger partial charge in [-0.25, -0.2) is 4.39 Å². The molecular formula is C12H17FN2. The molecule has 2 nitrogen and oxygen atoms in total. The van der Waals surface area contributed by atoms with Crippen LogP contribution in [0.3, 0.4) is 0 Å². The van der Waals surface area contributed by atoms with Gasteiger partial charge in [-0.3, -0.25) is 4.98 Å². The molecule has 2 N–H and O–H groups in total. The van der Waals surface area contributed by atoms with E-state index in [0.717, 1.165) is 24.8 Å². The molecule has 3 heteroatoms. The number of pyridine rings is 1. The monoisotopic (exact) mass is 208 g/mol. The molecule has 0 saturated heterocycles. The predicted octanol–water partition coefficient (Wildman–Crippen LogP) is 2.45. The highest BCUT2D eigenvalue weighted by Gasteiger charge is 2.27. The molecule has 1 heterocycles. The second-order valence-electron chi connectivity index (χ2n) is 4.59. The largest absolute Gasteiger partial charge is 0.328 e. The van der Waals surface area contributed by atoms with Crippen LogP contribution in [-0.4, -0.2) is 11.0 Å². The minimum atomic E-state index is -0.251. The Morgan fingerprint density at radius 3 is 2.93 bits per heavy atom. The summed E-state index contributed by atoms with van der Waals surface area (Å²) in [6, 6.07) is 1.85. The molecule has 3 atom stereocenters. The minimum Gasteiger partial charge on any atom is -0.328 e. The second-order valence-corrected chi connectivity index (χ2v) is 4.59. The smallest absolute Gasteiger partial charge is 0.141 e. The van der Waals surface area contributed by atoms with Crippen molar-refractivity contribution in [2.24, 2.45) is 11.7 Å². The van der Waals surface area contributed by atoms with Crippen LogP contribution in [-0.2, 0) is 0 Å². The zero-order valence-electron chi connectivity index (χ0n) is 8.99. The number of rotatable bonds is 1. The first kappa shape index (κ1) is 10.6. The van der Waals surface area contributed by atoms with E-state index in [1.165, 1.54) is 6.20 Å². The van der Waals surface area contributed by atoms with Gasteiger partial charge in [-0.1, -0.05) is 6.92 Å². The van der Waals surface area contributed by atoms with Gasteiger partial charge in [-0.2, -0.15) is 0 Å². The standard InChI is InChI=1S/C12H17FN2/c1-8-2-3-11(14)5-12(8)9-4-10(13)7-15-6-9/h4,6-8,11-12H,2-3,5,14H2,1H3. The third-order valence-corrected chi connectivity index (χ3v) is 3.39. The van der Waals surface area contributed by atoms with Crippen molar-refractivity contribution in [3.63, 3.8) is 0 Å². The number of hydrogen-bond acceptors (Lipinski definition) is 2. The molecule has 1 saturated carbocycles. The van der Waals surface area contributed by atoms with Gasteiger partial charge < -0.3 is 5.73 Å². The number of hydrogen-bond donors (Lipinski definition) is 1. The summed E-state index contributed by atoms with van der Waals surface area (Å²) in [4.78, 5) is 3.90. The maximum atomic E-state index is 13.1. The maximum Gasteiger partial charge on any atom is 0.141 e. The lowest BCUT2D eigenvalue weighted by molar-refractivity contribution is 0.299. The van der Waals surface area contributed by atoms with Gasteiger partial charge in [0.25, 0.3) is 0 Å². The second kappa shape index (κ2) is 4.27. The highest BCUT2D eigenvalue weighted by molar-refractivity contribution is 5.18. The van der Waals surface area contributed by atoms with E-state index in [-0.39, 0.29) is 11.9 Å². The summed E-state index contributed by atoms with van der Waals surface area (Å²) in [7, 11) is 0. The van der Waals surface area contributed by atoms with E-state index in [4.69, 9.17) is 5.73 Å². The van der Waals surface area contributed by atoms with Crippen molar-refractivity contribution in [3.05, 3.63) is 29.8 Å². The molecule has 0 aliphatic heterocycles. The van der Waals surface area contributed by atoms with Crippen LogP contribution >= 0.6 is 0 Å². The summed E-state index contributed by atoms with van der Waals surface area (Å²) in [5.41, 5.74) is 6.95. The Balaban J connectivity index is 2.21. The number of aromatic nitrogens is 1. The first-order chi connectivity index (χ1) is 7.16. The Bertz CT molecular complexity index is 340. The van der Waals surface area contributed by atoms with Gasteiger partial charge in [0.05, 0.1) is 6.20 Å². The number of nitrogens with two attached hydrogens (primary N) is 1. The Hall–Kier alpha value is -0.960. The summed E-state index contributed by atoms with van der Waals surface area (Å²) in [6.45, 7) is 2.21. The summed E-state index contributed by atoms with van der Waals surface area (Å²) in [5, 5.41) is 0. The quantitative estimate of drug-likeness (QED) is 0.770. The van der Waals surface area contributed by atoms with Gasteiger partial charge in [-0.15, -0.1) is 0 Å². The summed E-state index contributed by atoms with van der Waals surface area (Å²) in [5.74, 6) is 0.698. The van der Waals surface area contributed by atoms with Crippen LogP contribution in [0, 0.1) is 11.7 Å². The van der Waals surface area contributed by atoms with Crippen LogP contribution in [0.5, 0.6) is 0 Å². The fourth-order valence-electron chi connectivity index (χ4n) is 2.45. The van der Waals surface area contributed by atoms with Crippen LogP contribution in [0.15, 0.2) is 18.5 Å². The third-order valence-electron chi connectivity index (χ3n) is 3.39. The van der Waals surface area contributed by atoms with Gasteiger partial charge in [0.15, 0.2) is 0 Å². The molecule has 0 aromatic carbocycles. The average molecular weight is 208 g/mol. The Kier molecular flexibility index (Phi) is 3.00. The normalized spacial score (nSPS) is 31.5. The van der Waals surface area contributed by atoms with Crippen molar-refractivity contribution in [1.29, 1.82) is 0 Å². The Labute approximate surface area is 89.7 Å². The van der Waals surface area contributed by atoms with Gasteiger partial charge in [0.1, 0.15) is 5.82 Å². The summed E-state index contributed by atoms with van der Waals surface area (Å²) < 4.78 is 13.1. The van der Waals surface area contributed by atoms with Gasteiger partial charge >= 0.3 is 0 Å². The molecule has 1 aliphatic carbocycles. The molecule has 15 heavy (non-hydrogen) atoms. The minimum absolute atomic E-state index is 0.251. The molecule has 3 unspecified atom stereocenters. The zero-order valence-corrected chi connectivity index (χ0v) is 8.99. The van der Waals surface area contributed by atoms with Crippen LogP contribution in [0.4, 0.5) is 4.39 Å². The number of halogens is 1. The van der Waals surface area contributed by atoms with Gasteiger partial charge in [0.2, 0.25) is 0 Å². The highest BCUT2D eigenvalue weighted by Crippen LogP contribution is 2.36. The molecule has 82 valence electrons. The average Bonchev–Trinajstić information content (AvgIpc) is 2.22. The SMILES string of the molecule is CC1CCC(N)CC1c1cncc(F)c1. The lowest BCUT2D eigenvalue weighted by Crippen LogP contribution is -2.31. The van der Waals surface area contributed by atoms with Crippen molar-refractivity contribution in [1.82, 2.24) is 4.98 Å². The number of nitrogens with zero attached hydrogens (tertiary/aromatic N) is 1. The van der Waals surface area contributed by atoms with Gasteiger partial charge in [0, 0.05) is 12.2 Å². The fourth-order valence-corrected chi connectivity index (χ4v) is 2.45. The molecule has 0 radical (unpaired) electrons. The fraction of sp³-hybridized carbons (Fsp3) is 0.583. The predicted molar refractivity (Wildman–Crippen MR) is 57.9 cm³/mol. The summed E-state index contributed by atoms with van der Waals surface area (Å²) in [6.07, 6.45) is 6.17.